The predicted octanol–water partition coefficient (Wildman–Crippen LogP) is 1.83. The van der Waals surface area contributed by atoms with Gasteiger partial charge in [0.1, 0.15) is 0 Å². The van der Waals surface area contributed by atoms with Crippen molar-refractivity contribution < 1.29 is 9.59 Å². The summed E-state index contributed by atoms with van der Waals surface area (Å²) in [7, 11) is 0. The highest BCUT2D eigenvalue weighted by Gasteiger charge is 2.18. The number of rotatable bonds is 3. The van der Waals surface area contributed by atoms with Crippen LogP contribution in [0.4, 0.5) is 10.5 Å². The number of imide groups is 1. The topological polar surface area (TPSA) is 61.4 Å². The fourth-order valence-corrected chi connectivity index (χ4v) is 3.12. The molecule has 6 heteroatoms. The summed E-state index contributed by atoms with van der Waals surface area (Å²) in [5.41, 5.74) is 1.07. The van der Waals surface area contributed by atoms with E-state index in [2.05, 4.69) is 16.7 Å². The second-order valence-electron chi connectivity index (χ2n) is 4.50. The summed E-state index contributed by atoms with van der Waals surface area (Å²) in [6.45, 7) is 3.34. The van der Waals surface area contributed by atoms with Gasteiger partial charge in [0, 0.05) is 18.0 Å². The van der Waals surface area contributed by atoms with Crippen molar-refractivity contribution in [1.29, 1.82) is 0 Å². The van der Waals surface area contributed by atoms with E-state index in [9.17, 15) is 9.59 Å². The van der Waals surface area contributed by atoms with E-state index < -0.39 is 6.03 Å². The van der Waals surface area contributed by atoms with Gasteiger partial charge in [-0.2, -0.15) is 0 Å². The van der Waals surface area contributed by atoms with E-state index in [1.807, 2.05) is 41.8 Å². The maximum absolute atomic E-state index is 11.9. The maximum Gasteiger partial charge on any atom is 0.321 e. The lowest BCUT2D eigenvalue weighted by Crippen LogP contribution is -2.44. The zero-order valence-corrected chi connectivity index (χ0v) is 12.3. The molecule has 2 N–H and O–H groups in total. The van der Waals surface area contributed by atoms with E-state index in [-0.39, 0.29) is 12.5 Å². The zero-order valence-electron chi connectivity index (χ0n) is 11.5. The fraction of sp³-hybridized carbons (Fsp3) is 0.429. The number of para-hydroxylation sites is 1. The van der Waals surface area contributed by atoms with Crippen LogP contribution in [0.5, 0.6) is 0 Å². The first-order valence-electron chi connectivity index (χ1n) is 6.75. The quantitative estimate of drug-likeness (QED) is 0.892. The lowest BCUT2D eigenvalue weighted by molar-refractivity contribution is -0.118. The highest BCUT2D eigenvalue weighted by molar-refractivity contribution is 7.99. The number of nitrogens with zero attached hydrogens (tertiary/aromatic N) is 1. The molecule has 3 amide bonds. The summed E-state index contributed by atoms with van der Waals surface area (Å²) >= 11 is 1.81. The van der Waals surface area contributed by atoms with Gasteiger partial charge >= 0.3 is 6.03 Å². The van der Waals surface area contributed by atoms with Crippen molar-refractivity contribution >= 4 is 29.4 Å². The molecule has 1 aliphatic heterocycles. The first kappa shape index (κ1) is 14.7. The van der Waals surface area contributed by atoms with Crippen LogP contribution in [0.25, 0.3) is 0 Å². The van der Waals surface area contributed by atoms with E-state index in [4.69, 9.17) is 0 Å². The van der Waals surface area contributed by atoms with Crippen LogP contribution in [-0.4, -0.2) is 37.3 Å². The van der Waals surface area contributed by atoms with Gasteiger partial charge in [0.2, 0.25) is 5.91 Å². The first-order chi connectivity index (χ1) is 9.70. The standard InChI is InChI=1S/C14H19N3O2S/c1-2-15-14(19)16-13(18)10-17-8-5-9-20-12-7-4-3-6-11(12)17/h3-4,6-7H,2,5,8-10H2,1H3,(H2,15,16,18,19). The summed E-state index contributed by atoms with van der Waals surface area (Å²) in [5.74, 6) is 0.767. The van der Waals surface area contributed by atoms with E-state index >= 15 is 0 Å². The largest absolute Gasteiger partial charge is 0.361 e. The van der Waals surface area contributed by atoms with E-state index in [0.717, 1.165) is 24.4 Å². The minimum absolute atomic E-state index is 0.203. The number of anilines is 1. The summed E-state index contributed by atoms with van der Waals surface area (Å²) in [5, 5.41) is 4.89. The van der Waals surface area contributed by atoms with Gasteiger partial charge in [0.15, 0.2) is 0 Å². The number of nitrogens with one attached hydrogen (secondary N) is 2. The van der Waals surface area contributed by atoms with Crippen molar-refractivity contribution in [2.24, 2.45) is 0 Å². The average molecular weight is 293 g/mol. The number of benzene rings is 1. The Balaban J connectivity index is 2.02. The van der Waals surface area contributed by atoms with Crippen LogP contribution in [0.2, 0.25) is 0 Å². The Morgan fingerprint density at radius 1 is 1.35 bits per heavy atom. The van der Waals surface area contributed by atoms with Crippen molar-refractivity contribution in [2.45, 2.75) is 18.2 Å². The molecule has 1 heterocycles. The molecule has 0 atom stereocenters. The zero-order chi connectivity index (χ0) is 14.4. The van der Waals surface area contributed by atoms with Crippen LogP contribution in [0.15, 0.2) is 29.2 Å². The lowest BCUT2D eigenvalue weighted by Gasteiger charge is -2.23. The molecule has 5 nitrogen and oxygen atoms in total. The number of amides is 3. The molecule has 0 saturated heterocycles. The molecule has 1 aromatic carbocycles. The number of carbonyl (C=O) groups excluding carboxylic acids is 2. The average Bonchev–Trinajstić information content (AvgIpc) is 2.62. The van der Waals surface area contributed by atoms with Crippen LogP contribution in [0, 0.1) is 0 Å². The Morgan fingerprint density at radius 2 is 2.15 bits per heavy atom. The predicted molar refractivity (Wildman–Crippen MR) is 81.2 cm³/mol. The number of urea groups is 1. The number of fused-ring (bicyclic) bond motifs is 1. The fourth-order valence-electron chi connectivity index (χ4n) is 2.11. The van der Waals surface area contributed by atoms with Gasteiger partial charge in [-0.25, -0.2) is 4.79 Å². The first-order valence-corrected chi connectivity index (χ1v) is 7.73. The molecule has 0 unspecified atom stereocenters. The molecule has 0 saturated carbocycles. The molecule has 0 bridgehead atoms. The molecule has 1 aliphatic rings. The number of hydrogen-bond acceptors (Lipinski definition) is 4. The highest BCUT2D eigenvalue weighted by atomic mass is 32.2. The molecule has 2 rings (SSSR count). The van der Waals surface area contributed by atoms with Crippen LogP contribution in [0.3, 0.4) is 0 Å². The summed E-state index contributed by atoms with van der Waals surface area (Å²) in [4.78, 5) is 26.5. The van der Waals surface area contributed by atoms with Crippen LogP contribution >= 0.6 is 11.8 Å². The van der Waals surface area contributed by atoms with Gasteiger partial charge < -0.3 is 10.2 Å². The molecule has 20 heavy (non-hydrogen) atoms. The smallest absolute Gasteiger partial charge is 0.321 e. The van der Waals surface area contributed by atoms with Crippen molar-refractivity contribution in [2.75, 3.05) is 30.3 Å². The third-order valence-corrected chi connectivity index (χ3v) is 4.11. The lowest BCUT2D eigenvalue weighted by atomic mass is 10.2. The molecular formula is C14H19N3O2S. The minimum atomic E-state index is -0.435. The van der Waals surface area contributed by atoms with E-state index in [1.165, 1.54) is 4.90 Å². The molecule has 0 aliphatic carbocycles. The van der Waals surface area contributed by atoms with Gasteiger partial charge in [0.05, 0.1) is 12.2 Å². The van der Waals surface area contributed by atoms with E-state index in [1.54, 1.807) is 0 Å². The van der Waals surface area contributed by atoms with Gasteiger partial charge in [-0.1, -0.05) is 12.1 Å². The Labute approximate surface area is 123 Å². The third-order valence-electron chi connectivity index (χ3n) is 2.96. The molecule has 0 fully saturated rings. The number of hydrogen-bond donors (Lipinski definition) is 2. The maximum atomic E-state index is 11.9. The molecule has 108 valence electrons. The van der Waals surface area contributed by atoms with Gasteiger partial charge in [-0.3, -0.25) is 10.1 Å². The van der Waals surface area contributed by atoms with Gasteiger partial charge in [-0.15, -0.1) is 11.8 Å². The minimum Gasteiger partial charge on any atom is -0.361 e. The van der Waals surface area contributed by atoms with Gasteiger partial charge in [0.25, 0.3) is 0 Å². The number of thioether (sulfide) groups is 1. The molecule has 1 aromatic rings. The van der Waals surface area contributed by atoms with Gasteiger partial charge in [-0.05, 0) is 31.2 Å². The molecule has 0 radical (unpaired) electrons. The van der Waals surface area contributed by atoms with Crippen molar-refractivity contribution in [3.63, 3.8) is 0 Å². The Morgan fingerprint density at radius 3 is 2.95 bits per heavy atom. The second-order valence-corrected chi connectivity index (χ2v) is 5.64. The van der Waals surface area contributed by atoms with Crippen LogP contribution < -0.4 is 15.5 Å². The summed E-state index contributed by atoms with van der Waals surface area (Å²) < 4.78 is 0. The summed E-state index contributed by atoms with van der Waals surface area (Å²) in [6, 6.07) is 7.63. The van der Waals surface area contributed by atoms with Crippen molar-refractivity contribution in [3.05, 3.63) is 24.3 Å². The van der Waals surface area contributed by atoms with Crippen molar-refractivity contribution in [1.82, 2.24) is 10.6 Å². The highest BCUT2D eigenvalue weighted by Crippen LogP contribution is 2.33. The van der Waals surface area contributed by atoms with Crippen LogP contribution in [0.1, 0.15) is 13.3 Å². The van der Waals surface area contributed by atoms with Crippen LogP contribution in [-0.2, 0) is 4.79 Å². The Kier molecular flexibility index (Phi) is 5.29. The Hall–Kier alpha value is -1.69. The third kappa shape index (κ3) is 3.90. The SMILES string of the molecule is CCNC(=O)NC(=O)CN1CCCSc2ccccc21. The van der Waals surface area contributed by atoms with E-state index in [0.29, 0.717) is 6.54 Å². The molecule has 0 aromatic heterocycles. The molecular weight excluding hydrogens is 274 g/mol. The molecule has 0 spiro atoms. The number of carbonyl (C=O) groups is 2. The van der Waals surface area contributed by atoms with Crippen molar-refractivity contribution in [3.8, 4) is 0 Å². The normalized spacial score (nSPS) is 14.2. The monoisotopic (exact) mass is 293 g/mol. The summed E-state index contributed by atoms with van der Waals surface area (Å²) in [6.07, 6.45) is 1.02. The Bertz CT molecular complexity index is 493. The second kappa shape index (κ2) is 7.19.